The molecule has 1 rings (SSSR count). The van der Waals surface area contributed by atoms with Gasteiger partial charge in [0.2, 0.25) is 0 Å². The normalized spacial score (nSPS) is 42.0. The zero-order valence-corrected chi connectivity index (χ0v) is 4.22. The predicted molar refractivity (Wildman–Crippen MR) is 27.3 cm³/mol. The maximum absolute atomic E-state index is 8.78. The van der Waals surface area contributed by atoms with E-state index in [9.17, 15) is 0 Å². The van der Waals surface area contributed by atoms with Crippen molar-refractivity contribution in [3.8, 4) is 0 Å². The molecule has 2 atom stereocenters. The van der Waals surface area contributed by atoms with Gasteiger partial charge in [-0.25, -0.2) is 0 Å². The van der Waals surface area contributed by atoms with E-state index in [2.05, 4.69) is 0 Å². The Morgan fingerprint density at radius 1 is 1.43 bits per heavy atom. The van der Waals surface area contributed by atoms with Gasteiger partial charge in [-0.3, -0.25) is 0 Å². The minimum Gasteiger partial charge on any atom is -0.443 e. The molecule has 2 heteroatoms. The van der Waals surface area contributed by atoms with Crippen molar-refractivity contribution < 1.29 is 10.2 Å². The molecule has 3 N–H and O–H groups in total. The third kappa shape index (κ3) is 1.14. The molecule has 1 aliphatic rings. The molecule has 0 spiro atoms. The highest BCUT2D eigenvalue weighted by molar-refractivity contribution is 4.72. The van der Waals surface area contributed by atoms with Crippen LogP contribution >= 0.6 is 0 Å². The van der Waals surface area contributed by atoms with Gasteiger partial charge in [0.15, 0.2) is 6.10 Å². The Morgan fingerprint density at radius 3 is 2.29 bits per heavy atom. The monoisotopic (exact) mass is 103 g/mol. The van der Waals surface area contributed by atoms with Crippen molar-refractivity contribution in [1.82, 2.24) is 0 Å². The first-order chi connectivity index (χ1) is 3.29. The zero-order chi connectivity index (χ0) is 5.28. The lowest BCUT2D eigenvalue weighted by atomic mass is 10.3. The van der Waals surface area contributed by atoms with Gasteiger partial charge in [0.05, 0.1) is 6.10 Å². The molecule has 2 unspecified atom stereocenters. The fourth-order valence-electron chi connectivity index (χ4n) is 0.958. The highest BCUT2D eigenvalue weighted by Crippen LogP contribution is 2.17. The fraction of sp³-hybridized carbons (Fsp3) is 1.00. The van der Waals surface area contributed by atoms with Crippen LogP contribution in [0, 0.1) is 0 Å². The molecule has 0 aromatic rings. The standard InChI is InChI=1S/C5H10O2/c6-4-1-2-5(7)3-4/h4-7H,1-3H2/p+1. The molecule has 0 aromatic carbocycles. The summed E-state index contributed by atoms with van der Waals surface area (Å²) in [6.07, 6.45) is 2.28. The largest absolute Gasteiger partial charge is 0.443 e. The SMILES string of the molecule is OC1CCC([OH2+])C1. The van der Waals surface area contributed by atoms with Crippen LogP contribution in [-0.2, 0) is 0 Å². The first-order valence-corrected chi connectivity index (χ1v) is 2.68. The molecule has 0 aromatic heterocycles. The van der Waals surface area contributed by atoms with Gasteiger partial charge in [-0.2, -0.15) is 0 Å². The Morgan fingerprint density at radius 2 is 2.14 bits per heavy atom. The summed E-state index contributed by atoms with van der Waals surface area (Å²) in [6.45, 7) is 0. The molecule has 0 bridgehead atoms. The second-order valence-corrected chi connectivity index (χ2v) is 2.16. The van der Waals surface area contributed by atoms with Crippen LogP contribution in [0.25, 0.3) is 0 Å². The summed E-state index contributed by atoms with van der Waals surface area (Å²) in [7, 11) is 0. The van der Waals surface area contributed by atoms with Crippen LogP contribution in [-0.4, -0.2) is 22.4 Å². The lowest BCUT2D eigenvalue weighted by Gasteiger charge is -1.92. The highest BCUT2D eigenvalue weighted by atomic mass is 16.3. The Balaban J connectivity index is 2.26. The van der Waals surface area contributed by atoms with E-state index in [1.807, 2.05) is 0 Å². The first-order valence-electron chi connectivity index (χ1n) is 2.68. The van der Waals surface area contributed by atoms with E-state index in [0.717, 1.165) is 12.8 Å². The average Bonchev–Trinajstić information content (AvgIpc) is 1.87. The van der Waals surface area contributed by atoms with E-state index < -0.39 is 0 Å². The molecule has 0 radical (unpaired) electrons. The lowest BCUT2D eigenvalue weighted by molar-refractivity contribution is 0.137. The van der Waals surface area contributed by atoms with Crippen LogP contribution in [0.1, 0.15) is 19.3 Å². The van der Waals surface area contributed by atoms with Crippen molar-refractivity contribution in [2.75, 3.05) is 0 Å². The number of aliphatic hydroxyl groups is 1. The minimum atomic E-state index is -0.164. The van der Waals surface area contributed by atoms with Crippen LogP contribution in [0.15, 0.2) is 0 Å². The van der Waals surface area contributed by atoms with Gasteiger partial charge in [-0.1, -0.05) is 0 Å². The van der Waals surface area contributed by atoms with Crippen molar-refractivity contribution in [2.45, 2.75) is 31.5 Å². The van der Waals surface area contributed by atoms with E-state index in [-0.39, 0.29) is 12.2 Å². The molecule has 2 nitrogen and oxygen atoms in total. The summed E-state index contributed by atoms with van der Waals surface area (Å²) in [4.78, 5) is 0. The molecule has 1 saturated carbocycles. The van der Waals surface area contributed by atoms with Crippen LogP contribution in [0.5, 0.6) is 0 Å². The Bertz CT molecular complexity index is 55.1. The maximum Gasteiger partial charge on any atom is 0.156 e. The lowest BCUT2D eigenvalue weighted by Crippen LogP contribution is -2.02. The zero-order valence-electron chi connectivity index (χ0n) is 4.22. The molecule has 42 valence electrons. The van der Waals surface area contributed by atoms with E-state index in [0.29, 0.717) is 6.42 Å². The van der Waals surface area contributed by atoms with Crippen LogP contribution in [0.2, 0.25) is 0 Å². The van der Waals surface area contributed by atoms with Gasteiger partial charge in [-0.15, -0.1) is 0 Å². The van der Waals surface area contributed by atoms with E-state index in [1.165, 1.54) is 0 Å². The second kappa shape index (κ2) is 1.80. The molecule has 1 fully saturated rings. The van der Waals surface area contributed by atoms with Gasteiger partial charge in [-0.05, 0) is 6.42 Å². The first kappa shape index (κ1) is 5.06. The molecular weight excluding hydrogens is 92.1 g/mol. The molecular formula is C5H11O2+. The number of hydrogen-bond acceptors (Lipinski definition) is 1. The molecule has 7 heavy (non-hydrogen) atoms. The molecule has 0 saturated heterocycles. The quantitative estimate of drug-likeness (QED) is 0.417. The van der Waals surface area contributed by atoms with Crippen molar-refractivity contribution >= 4 is 0 Å². The van der Waals surface area contributed by atoms with Crippen LogP contribution in [0.4, 0.5) is 0 Å². The summed E-state index contributed by atoms with van der Waals surface area (Å²) < 4.78 is 0. The molecule has 1 aliphatic carbocycles. The molecule has 0 aliphatic heterocycles. The number of rotatable bonds is 0. The molecule has 0 amide bonds. The van der Waals surface area contributed by atoms with Crippen molar-refractivity contribution in [3.05, 3.63) is 0 Å². The average molecular weight is 103 g/mol. The smallest absolute Gasteiger partial charge is 0.156 e. The summed E-state index contributed by atoms with van der Waals surface area (Å²) in [5.74, 6) is 0. The second-order valence-electron chi connectivity index (χ2n) is 2.16. The van der Waals surface area contributed by atoms with E-state index >= 15 is 0 Å². The van der Waals surface area contributed by atoms with Gasteiger partial charge >= 0.3 is 0 Å². The van der Waals surface area contributed by atoms with Crippen molar-refractivity contribution in [2.24, 2.45) is 0 Å². The van der Waals surface area contributed by atoms with Crippen LogP contribution in [0.3, 0.4) is 0 Å². The Hall–Kier alpha value is -0.0800. The topological polar surface area (TPSA) is 43.1 Å². The third-order valence-electron chi connectivity index (χ3n) is 1.40. The van der Waals surface area contributed by atoms with E-state index in [4.69, 9.17) is 10.2 Å². The maximum atomic E-state index is 8.78. The Kier molecular flexibility index (Phi) is 1.30. The summed E-state index contributed by atoms with van der Waals surface area (Å²) in [5.41, 5.74) is 0. The predicted octanol–water partition coefficient (Wildman–Crippen LogP) is -0.376. The van der Waals surface area contributed by atoms with Gasteiger partial charge in [0.1, 0.15) is 0 Å². The van der Waals surface area contributed by atoms with Crippen LogP contribution < -0.4 is 0 Å². The third-order valence-corrected chi connectivity index (χ3v) is 1.40. The van der Waals surface area contributed by atoms with Gasteiger partial charge in [0, 0.05) is 12.8 Å². The summed E-state index contributed by atoms with van der Waals surface area (Å²) in [6, 6.07) is 0. The summed E-state index contributed by atoms with van der Waals surface area (Å²) >= 11 is 0. The van der Waals surface area contributed by atoms with E-state index in [1.54, 1.807) is 0 Å². The number of hydrogen-bond donors (Lipinski definition) is 1. The Labute approximate surface area is 42.8 Å². The molecule has 0 heterocycles. The van der Waals surface area contributed by atoms with Crippen molar-refractivity contribution in [3.63, 3.8) is 0 Å². The van der Waals surface area contributed by atoms with Crippen molar-refractivity contribution in [1.29, 1.82) is 0 Å². The highest BCUT2D eigenvalue weighted by Gasteiger charge is 2.23. The number of aliphatic hydroxyl groups excluding tert-OH is 1. The van der Waals surface area contributed by atoms with Gasteiger partial charge in [0.25, 0.3) is 0 Å². The van der Waals surface area contributed by atoms with Gasteiger partial charge < -0.3 is 10.2 Å². The fourth-order valence-corrected chi connectivity index (χ4v) is 0.958. The minimum absolute atomic E-state index is 0.0231. The summed E-state index contributed by atoms with van der Waals surface area (Å²) in [5, 5.41) is 15.9.